The third-order valence-corrected chi connectivity index (χ3v) is 1.11. The van der Waals surface area contributed by atoms with E-state index in [9.17, 15) is 0 Å². The maximum atomic E-state index is 5.24. The zero-order chi connectivity index (χ0) is 7.78. The van der Waals surface area contributed by atoms with Gasteiger partial charge in [0, 0.05) is 5.41 Å². The van der Waals surface area contributed by atoms with E-state index in [4.69, 9.17) is 6.92 Å². The monoisotopic (exact) mass is 138 g/mol. The molecule has 0 bridgehead atoms. The van der Waals surface area contributed by atoms with E-state index in [1.807, 2.05) is 20.8 Å². The topological polar surface area (TPSA) is 38.9 Å². The highest BCUT2D eigenvalue weighted by molar-refractivity contribution is 5.00. The Balaban J connectivity index is 2.96. The minimum absolute atomic E-state index is 0.0822. The smallest absolute Gasteiger partial charge is 0.231 e. The molecule has 1 aromatic heterocycles. The molecule has 0 N–H and O–H groups in total. The van der Waals surface area contributed by atoms with Gasteiger partial charge in [-0.2, -0.15) is 4.98 Å². The number of aromatic nitrogens is 2. The van der Waals surface area contributed by atoms with Crippen molar-refractivity contribution in [3.63, 3.8) is 0 Å². The van der Waals surface area contributed by atoms with Crippen LogP contribution in [0.1, 0.15) is 32.5 Å². The summed E-state index contributed by atoms with van der Waals surface area (Å²) in [6, 6.07) is 0. The Bertz CT molecular complexity index is 222. The van der Waals surface area contributed by atoms with Gasteiger partial charge in [-0.15, -0.1) is 0 Å². The van der Waals surface area contributed by atoms with E-state index < -0.39 is 0 Å². The van der Waals surface area contributed by atoms with Crippen molar-refractivity contribution in [1.29, 1.82) is 0 Å². The zero-order valence-corrected chi connectivity index (χ0v) is 6.38. The van der Waals surface area contributed by atoms with Gasteiger partial charge in [0.05, 0.1) is 6.92 Å². The first-order chi connectivity index (χ1) is 4.50. The molecule has 0 unspecified atom stereocenters. The van der Waals surface area contributed by atoms with Gasteiger partial charge in [0.2, 0.25) is 5.89 Å². The molecule has 0 saturated carbocycles. The van der Waals surface area contributed by atoms with E-state index in [0.717, 1.165) is 0 Å². The highest BCUT2D eigenvalue weighted by Gasteiger charge is 2.19. The molecule has 3 nitrogen and oxygen atoms in total. The van der Waals surface area contributed by atoms with Crippen LogP contribution in [0.2, 0.25) is 0 Å². The lowest BCUT2D eigenvalue weighted by Crippen LogP contribution is -2.13. The lowest BCUT2D eigenvalue weighted by Gasteiger charge is -2.10. The van der Waals surface area contributed by atoms with E-state index in [2.05, 4.69) is 14.7 Å². The first-order valence-electron chi connectivity index (χ1n) is 3.10. The molecule has 10 heavy (non-hydrogen) atoms. The van der Waals surface area contributed by atoms with Gasteiger partial charge in [-0.3, -0.25) is 0 Å². The molecule has 0 aliphatic carbocycles. The fourth-order valence-corrected chi connectivity index (χ4v) is 0.540. The third kappa shape index (κ3) is 1.35. The first-order valence-corrected chi connectivity index (χ1v) is 3.10. The molecule has 3 heteroatoms. The van der Waals surface area contributed by atoms with Crippen molar-refractivity contribution in [1.82, 2.24) is 10.1 Å². The summed E-state index contributed by atoms with van der Waals surface area (Å²) in [5.41, 5.74) is -0.0822. The number of rotatable bonds is 0. The molecule has 1 aromatic rings. The summed E-state index contributed by atoms with van der Waals surface area (Å²) in [6.07, 6.45) is 0. The van der Waals surface area contributed by atoms with E-state index >= 15 is 0 Å². The standard InChI is InChI=1S/C7H10N2O/c1-5-8-6(9-10-5)7(2,3)4/h1H,2-4H3. The number of nitrogens with zero attached hydrogens (tertiary/aromatic N) is 2. The number of hydrogen-bond donors (Lipinski definition) is 0. The van der Waals surface area contributed by atoms with Crippen molar-refractivity contribution in [2.45, 2.75) is 26.2 Å². The van der Waals surface area contributed by atoms with E-state index in [0.29, 0.717) is 5.82 Å². The predicted octanol–water partition coefficient (Wildman–Crippen LogP) is 1.43. The summed E-state index contributed by atoms with van der Waals surface area (Å²) in [7, 11) is 0. The van der Waals surface area contributed by atoms with Crippen LogP contribution in [0.25, 0.3) is 0 Å². The van der Waals surface area contributed by atoms with Crippen LogP contribution in [0.3, 0.4) is 0 Å². The third-order valence-electron chi connectivity index (χ3n) is 1.11. The van der Waals surface area contributed by atoms with Gasteiger partial charge < -0.3 is 4.52 Å². The molecule has 1 heterocycles. The van der Waals surface area contributed by atoms with Crippen LogP contribution in [-0.2, 0) is 5.41 Å². The summed E-state index contributed by atoms with van der Waals surface area (Å²) in [5.74, 6) is 0.773. The summed E-state index contributed by atoms with van der Waals surface area (Å²) < 4.78 is 4.61. The molecule has 0 aliphatic rings. The van der Waals surface area contributed by atoms with Gasteiger partial charge >= 0.3 is 0 Å². The average molecular weight is 138 g/mol. The van der Waals surface area contributed by atoms with Crippen molar-refractivity contribution >= 4 is 0 Å². The van der Waals surface area contributed by atoms with Crippen LogP contribution in [0.15, 0.2) is 4.52 Å². The van der Waals surface area contributed by atoms with Gasteiger partial charge in [-0.1, -0.05) is 25.9 Å². The lowest BCUT2D eigenvalue weighted by molar-refractivity contribution is 0.383. The largest absolute Gasteiger partial charge is 0.339 e. The fraction of sp³-hybridized carbons (Fsp3) is 0.571. The maximum Gasteiger partial charge on any atom is 0.231 e. The first kappa shape index (κ1) is 7.25. The predicted molar refractivity (Wildman–Crippen MR) is 36.4 cm³/mol. The van der Waals surface area contributed by atoms with Crippen LogP contribution < -0.4 is 0 Å². The van der Waals surface area contributed by atoms with Gasteiger partial charge in [0.25, 0.3) is 0 Å². The highest BCUT2D eigenvalue weighted by atomic mass is 16.5. The Kier molecular flexibility index (Phi) is 1.50. The van der Waals surface area contributed by atoms with Crippen LogP contribution in [0, 0.1) is 6.92 Å². The van der Waals surface area contributed by atoms with Crippen molar-refractivity contribution in [2.75, 3.05) is 0 Å². The Morgan fingerprint density at radius 1 is 1.40 bits per heavy atom. The quantitative estimate of drug-likeness (QED) is 0.544. The molecular formula is C7H10N2O. The highest BCUT2D eigenvalue weighted by Crippen LogP contribution is 2.17. The molecule has 54 valence electrons. The molecule has 2 radical (unpaired) electrons. The van der Waals surface area contributed by atoms with E-state index in [-0.39, 0.29) is 11.3 Å². The van der Waals surface area contributed by atoms with Crippen molar-refractivity contribution in [3.8, 4) is 0 Å². The van der Waals surface area contributed by atoms with Gasteiger partial charge in [0.1, 0.15) is 0 Å². The van der Waals surface area contributed by atoms with Crippen LogP contribution >= 0.6 is 0 Å². The Hall–Kier alpha value is -0.860. The molecule has 0 atom stereocenters. The van der Waals surface area contributed by atoms with Crippen molar-refractivity contribution in [3.05, 3.63) is 18.6 Å². The Morgan fingerprint density at radius 3 is 2.20 bits per heavy atom. The van der Waals surface area contributed by atoms with Gasteiger partial charge in [-0.05, 0) is 0 Å². The summed E-state index contributed by atoms with van der Waals surface area (Å²) in [5, 5.41) is 3.68. The Morgan fingerprint density at radius 2 is 2.00 bits per heavy atom. The molecule has 0 amide bonds. The Labute approximate surface area is 60.4 Å². The van der Waals surface area contributed by atoms with Crippen LogP contribution in [-0.4, -0.2) is 10.1 Å². The number of hydrogen-bond acceptors (Lipinski definition) is 3. The van der Waals surface area contributed by atoms with Crippen LogP contribution in [0.4, 0.5) is 0 Å². The molecule has 0 spiro atoms. The summed E-state index contributed by atoms with van der Waals surface area (Å²) in [4.78, 5) is 3.88. The molecule has 0 saturated heterocycles. The molecule has 0 aliphatic heterocycles. The maximum absolute atomic E-state index is 5.24. The van der Waals surface area contributed by atoms with Crippen LogP contribution in [0.5, 0.6) is 0 Å². The van der Waals surface area contributed by atoms with Gasteiger partial charge in [-0.25, -0.2) is 0 Å². The molecular weight excluding hydrogens is 128 g/mol. The molecule has 0 aromatic carbocycles. The van der Waals surface area contributed by atoms with Crippen molar-refractivity contribution < 1.29 is 4.52 Å². The normalized spacial score (nSPS) is 12.0. The minimum atomic E-state index is -0.0822. The van der Waals surface area contributed by atoms with E-state index in [1.54, 1.807) is 0 Å². The SMILES string of the molecule is [CH]c1nc(C(C)(C)C)no1. The minimum Gasteiger partial charge on any atom is -0.339 e. The average Bonchev–Trinajstić information content (AvgIpc) is 2.11. The second-order valence-electron chi connectivity index (χ2n) is 3.21. The fourth-order valence-electron chi connectivity index (χ4n) is 0.540. The van der Waals surface area contributed by atoms with Crippen molar-refractivity contribution in [2.24, 2.45) is 0 Å². The molecule has 1 rings (SSSR count). The second-order valence-corrected chi connectivity index (χ2v) is 3.21. The van der Waals surface area contributed by atoms with Gasteiger partial charge in [0.15, 0.2) is 5.82 Å². The summed E-state index contributed by atoms with van der Waals surface area (Å²) >= 11 is 0. The second kappa shape index (κ2) is 2.08. The van der Waals surface area contributed by atoms with E-state index in [1.165, 1.54) is 0 Å². The molecule has 0 fully saturated rings. The summed E-state index contributed by atoms with van der Waals surface area (Å²) in [6.45, 7) is 11.2. The zero-order valence-electron chi connectivity index (χ0n) is 6.38. The lowest BCUT2D eigenvalue weighted by atomic mass is 9.96.